The zero-order valence-corrected chi connectivity index (χ0v) is 16.0. The first-order valence-corrected chi connectivity index (χ1v) is 8.83. The molecule has 0 aromatic heterocycles. The Balaban J connectivity index is 3.05. The molecule has 24 heavy (non-hydrogen) atoms. The first-order valence-electron chi connectivity index (χ1n) is 8.83. The predicted octanol–water partition coefficient (Wildman–Crippen LogP) is 4.88. The van der Waals surface area contributed by atoms with Crippen LogP contribution in [0.3, 0.4) is 0 Å². The van der Waals surface area contributed by atoms with Crippen LogP contribution in [0.5, 0.6) is 0 Å². The van der Waals surface area contributed by atoms with Crippen LogP contribution in [-0.4, -0.2) is 30.5 Å². The van der Waals surface area contributed by atoms with Gasteiger partial charge in [-0.1, -0.05) is 50.3 Å². The van der Waals surface area contributed by atoms with E-state index in [9.17, 15) is 4.79 Å². The van der Waals surface area contributed by atoms with Gasteiger partial charge in [0.25, 0.3) is 0 Å². The molecule has 0 aromatic carbocycles. The molecule has 0 spiro atoms. The molecule has 1 amide bonds. The Hall–Kier alpha value is -1.77. The van der Waals surface area contributed by atoms with Crippen molar-refractivity contribution in [3.8, 4) is 0 Å². The molecule has 1 heterocycles. The molecule has 134 valence electrons. The second-order valence-corrected chi connectivity index (χ2v) is 6.94. The Bertz CT molecular complexity index is 528. The van der Waals surface area contributed by atoms with E-state index in [1.165, 1.54) is 0 Å². The van der Waals surface area contributed by atoms with Crippen molar-refractivity contribution >= 4 is 5.91 Å². The Morgan fingerprint density at radius 2 is 2.04 bits per heavy atom. The molecular weight excluding hydrogens is 298 g/mol. The van der Waals surface area contributed by atoms with E-state index in [2.05, 4.69) is 33.1 Å². The third-order valence-corrected chi connectivity index (χ3v) is 4.49. The van der Waals surface area contributed by atoms with Gasteiger partial charge in [0.05, 0.1) is 19.1 Å². The van der Waals surface area contributed by atoms with Crippen molar-refractivity contribution < 1.29 is 9.53 Å². The van der Waals surface area contributed by atoms with Gasteiger partial charge < -0.3 is 9.64 Å². The second kappa shape index (κ2) is 9.51. The van der Waals surface area contributed by atoms with Crippen molar-refractivity contribution in [2.24, 2.45) is 11.8 Å². The monoisotopic (exact) mass is 331 g/mol. The van der Waals surface area contributed by atoms with E-state index in [0.717, 1.165) is 37.0 Å². The first kappa shape index (κ1) is 20.3. The molecule has 2 atom stereocenters. The Morgan fingerprint density at radius 1 is 1.38 bits per heavy atom. The summed E-state index contributed by atoms with van der Waals surface area (Å²) in [6, 6.07) is 0.137. The lowest BCUT2D eigenvalue weighted by atomic mass is 9.90. The molecule has 0 radical (unpaired) electrons. The Labute approximate surface area is 147 Å². The van der Waals surface area contributed by atoms with E-state index in [0.29, 0.717) is 5.76 Å². The molecule has 0 saturated carbocycles. The van der Waals surface area contributed by atoms with Crippen molar-refractivity contribution in [3.05, 3.63) is 48.3 Å². The fourth-order valence-corrected chi connectivity index (χ4v) is 3.29. The van der Waals surface area contributed by atoms with E-state index < -0.39 is 0 Å². The molecule has 3 nitrogen and oxygen atoms in total. The van der Waals surface area contributed by atoms with Crippen LogP contribution < -0.4 is 0 Å². The molecule has 0 aliphatic carbocycles. The van der Waals surface area contributed by atoms with Gasteiger partial charge in [-0.15, -0.1) is 0 Å². The largest absolute Gasteiger partial charge is 0.500 e. The van der Waals surface area contributed by atoms with Crippen LogP contribution in [-0.2, 0) is 9.53 Å². The van der Waals surface area contributed by atoms with Crippen LogP contribution >= 0.6 is 0 Å². The lowest BCUT2D eigenvalue weighted by Crippen LogP contribution is -2.42. The number of amides is 1. The summed E-state index contributed by atoms with van der Waals surface area (Å²) in [5.74, 6) is 0.727. The predicted molar refractivity (Wildman–Crippen MR) is 102 cm³/mol. The number of likely N-dealkylation sites (tertiary alicyclic amines) is 1. The second-order valence-electron chi connectivity index (χ2n) is 6.94. The zero-order valence-electron chi connectivity index (χ0n) is 16.0. The average molecular weight is 332 g/mol. The minimum absolute atomic E-state index is 0.137. The topological polar surface area (TPSA) is 29.5 Å². The number of ether oxygens (including phenoxy) is 1. The highest BCUT2D eigenvalue weighted by molar-refractivity contribution is 5.82. The molecule has 2 unspecified atom stereocenters. The number of carbonyl (C=O) groups excluding carboxylic acids is 1. The zero-order chi connectivity index (χ0) is 18.3. The summed E-state index contributed by atoms with van der Waals surface area (Å²) in [6.07, 6.45) is 8.87. The van der Waals surface area contributed by atoms with Crippen molar-refractivity contribution in [1.82, 2.24) is 4.90 Å². The van der Waals surface area contributed by atoms with E-state index in [-0.39, 0.29) is 23.8 Å². The van der Waals surface area contributed by atoms with Crippen LogP contribution in [0.15, 0.2) is 48.3 Å². The van der Waals surface area contributed by atoms with Crippen LogP contribution in [0.25, 0.3) is 0 Å². The van der Waals surface area contributed by atoms with Crippen LogP contribution in [0.4, 0.5) is 0 Å². The van der Waals surface area contributed by atoms with Gasteiger partial charge >= 0.3 is 0 Å². The highest BCUT2D eigenvalue weighted by atomic mass is 16.5. The third-order valence-electron chi connectivity index (χ3n) is 4.49. The number of allylic oxidation sites excluding steroid dienone is 4. The van der Waals surface area contributed by atoms with Crippen molar-refractivity contribution in [2.45, 2.75) is 53.0 Å². The van der Waals surface area contributed by atoms with Crippen LogP contribution in [0, 0.1) is 11.8 Å². The smallest absolute Gasteiger partial charge is 0.234 e. The summed E-state index contributed by atoms with van der Waals surface area (Å²) in [5.41, 5.74) is 2.00. The van der Waals surface area contributed by atoms with Crippen molar-refractivity contribution in [1.29, 1.82) is 0 Å². The van der Waals surface area contributed by atoms with Crippen LogP contribution in [0.2, 0.25) is 0 Å². The van der Waals surface area contributed by atoms with E-state index >= 15 is 0 Å². The maximum Gasteiger partial charge on any atom is 0.234 e. The van der Waals surface area contributed by atoms with Gasteiger partial charge in [-0.25, -0.2) is 0 Å². The highest BCUT2D eigenvalue weighted by Gasteiger charge is 2.37. The van der Waals surface area contributed by atoms with Gasteiger partial charge in [-0.3, -0.25) is 4.79 Å². The first-order chi connectivity index (χ1) is 11.3. The third kappa shape index (κ3) is 5.12. The van der Waals surface area contributed by atoms with Gasteiger partial charge in [0.15, 0.2) is 0 Å². The average Bonchev–Trinajstić information content (AvgIpc) is 3.00. The molecule has 3 heteroatoms. The Morgan fingerprint density at radius 3 is 2.54 bits per heavy atom. The molecule has 0 aromatic rings. The molecule has 1 aliphatic rings. The van der Waals surface area contributed by atoms with Gasteiger partial charge in [-0.05, 0) is 45.1 Å². The number of methoxy groups -OCH3 is 1. The summed E-state index contributed by atoms with van der Waals surface area (Å²) >= 11 is 0. The number of carbonyl (C=O) groups is 1. The van der Waals surface area contributed by atoms with Crippen molar-refractivity contribution in [3.63, 3.8) is 0 Å². The Kier molecular flexibility index (Phi) is 8.03. The van der Waals surface area contributed by atoms with E-state index in [1.54, 1.807) is 7.11 Å². The molecule has 1 fully saturated rings. The van der Waals surface area contributed by atoms with Gasteiger partial charge in [0.1, 0.15) is 5.76 Å². The molecule has 1 rings (SSSR count). The minimum atomic E-state index is -0.276. The SMILES string of the molecule is C=C(C)/C=C(\OC)C(C(=O)N1CCCC1C(=C)C/C=C\C)C(C)C. The molecule has 1 aliphatic heterocycles. The van der Waals surface area contributed by atoms with Gasteiger partial charge in [0, 0.05) is 6.54 Å². The summed E-state index contributed by atoms with van der Waals surface area (Å²) < 4.78 is 5.55. The standard InChI is InChI=1S/C21H33NO2/c1-8-9-11-17(6)18-12-10-13-22(18)21(23)20(16(4)5)19(24-7)14-15(2)3/h8-9,14,16,18,20H,2,6,10-13H2,1,3-5,7H3/b9-8-,19-14-. The molecule has 1 saturated heterocycles. The molecule has 0 N–H and O–H groups in total. The quantitative estimate of drug-likeness (QED) is 0.360. The lowest BCUT2D eigenvalue weighted by Gasteiger charge is -2.32. The summed E-state index contributed by atoms with van der Waals surface area (Å²) in [7, 11) is 1.63. The molecular formula is C21H33NO2. The maximum atomic E-state index is 13.3. The number of hydrogen-bond donors (Lipinski definition) is 0. The summed E-state index contributed by atoms with van der Waals surface area (Å²) in [5, 5.41) is 0. The summed E-state index contributed by atoms with van der Waals surface area (Å²) in [4.78, 5) is 15.3. The van der Waals surface area contributed by atoms with Gasteiger partial charge in [-0.2, -0.15) is 0 Å². The molecule has 0 bridgehead atoms. The number of nitrogens with zero attached hydrogens (tertiary/aromatic N) is 1. The lowest BCUT2D eigenvalue weighted by molar-refractivity contribution is -0.137. The fraction of sp³-hybridized carbons (Fsp3) is 0.571. The minimum Gasteiger partial charge on any atom is -0.500 e. The van der Waals surface area contributed by atoms with Crippen molar-refractivity contribution in [2.75, 3.05) is 13.7 Å². The number of rotatable bonds is 8. The maximum absolute atomic E-state index is 13.3. The fourth-order valence-electron chi connectivity index (χ4n) is 3.29. The number of hydrogen-bond acceptors (Lipinski definition) is 2. The summed E-state index contributed by atoms with van der Waals surface area (Å²) in [6.45, 7) is 17.0. The van der Waals surface area contributed by atoms with Gasteiger partial charge in [0.2, 0.25) is 5.91 Å². The van der Waals surface area contributed by atoms with Crippen LogP contribution in [0.1, 0.15) is 47.0 Å². The van der Waals surface area contributed by atoms with E-state index in [4.69, 9.17) is 4.74 Å². The normalized spacial score (nSPS) is 19.8. The highest BCUT2D eigenvalue weighted by Crippen LogP contribution is 2.31. The van der Waals surface area contributed by atoms with E-state index in [1.807, 2.05) is 30.9 Å².